The molecule has 0 saturated carbocycles. The number of aryl methyl sites for hydroxylation is 1. The van der Waals surface area contributed by atoms with Crippen molar-refractivity contribution in [3.05, 3.63) is 52.6 Å². The van der Waals surface area contributed by atoms with E-state index in [4.69, 9.17) is 11.6 Å². The molecule has 0 radical (unpaired) electrons. The van der Waals surface area contributed by atoms with Crippen LogP contribution in [0.3, 0.4) is 0 Å². The quantitative estimate of drug-likeness (QED) is 0.923. The number of aromatic nitrogens is 2. The lowest BCUT2D eigenvalue weighted by Crippen LogP contribution is -2.24. The van der Waals surface area contributed by atoms with Crippen molar-refractivity contribution in [3.63, 3.8) is 0 Å². The second-order valence-corrected chi connectivity index (χ2v) is 4.44. The molecule has 1 aromatic heterocycles. The third-order valence-corrected chi connectivity index (χ3v) is 3.16. The first-order valence-corrected chi connectivity index (χ1v) is 6.17. The molecule has 96 valence electrons. The van der Waals surface area contributed by atoms with E-state index in [1.807, 2.05) is 20.0 Å². The van der Waals surface area contributed by atoms with Crippen LogP contribution < -0.4 is 5.32 Å². The number of benzene rings is 1. The molecule has 2 aromatic rings. The van der Waals surface area contributed by atoms with Gasteiger partial charge in [0.2, 0.25) is 0 Å². The van der Waals surface area contributed by atoms with Crippen LogP contribution in [-0.4, -0.2) is 16.3 Å². The molecule has 0 aliphatic rings. The predicted octanol–water partition coefficient (Wildman–Crippen LogP) is 2.91. The number of nitrogens with one attached hydrogen (secondary N) is 1. The number of hydrogen-bond acceptors (Lipinski definition) is 2. The minimum atomic E-state index is -0.330. The third kappa shape index (κ3) is 2.54. The van der Waals surface area contributed by atoms with Gasteiger partial charge >= 0.3 is 0 Å². The first-order valence-electron chi connectivity index (χ1n) is 5.79. The number of halogens is 2. The van der Waals surface area contributed by atoms with Gasteiger partial charge in [0.1, 0.15) is 5.82 Å². The van der Waals surface area contributed by atoms with Gasteiger partial charge in [0.15, 0.2) is 0 Å². The molecule has 1 heterocycles. The largest absolute Gasteiger partial charge is 0.305 e. The maximum absolute atomic E-state index is 13.1. The summed E-state index contributed by atoms with van der Waals surface area (Å²) in [6.07, 6.45) is 1.73. The van der Waals surface area contributed by atoms with E-state index in [-0.39, 0.29) is 11.9 Å². The van der Waals surface area contributed by atoms with E-state index >= 15 is 0 Å². The molecule has 0 spiro atoms. The highest BCUT2D eigenvalue weighted by Crippen LogP contribution is 2.28. The van der Waals surface area contributed by atoms with Gasteiger partial charge in [0, 0.05) is 18.3 Å². The van der Waals surface area contributed by atoms with Crippen LogP contribution in [0, 0.1) is 5.82 Å². The third-order valence-electron chi connectivity index (χ3n) is 2.84. The molecule has 3 nitrogen and oxygen atoms in total. The highest BCUT2D eigenvalue weighted by atomic mass is 35.5. The summed E-state index contributed by atoms with van der Waals surface area (Å²) in [6, 6.07) is 6.29. The maximum atomic E-state index is 13.1. The Morgan fingerprint density at radius 3 is 2.78 bits per heavy atom. The maximum Gasteiger partial charge on any atom is 0.124 e. The molecule has 0 amide bonds. The number of nitrogens with zero attached hydrogens (tertiary/aromatic N) is 2. The summed E-state index contributed by atoms with van der Waals surface area (Å²) in [5.74, 6) is -0.330. The van der Waals surface area contributed by atoms with E-state index in [2.05, 4.69) is 10.4 Å². The fourth-order valence-electron chi connectivity index (χ4n) is 1.98. The van der Waals surface area contributed by atoms with Crippen LogP contribution >= 0.6 is 11.6 Å². The van der Waals surface area contributed by atoms with Crippen molar-refractivity contribution in [3.8, 4) is 0 Å². The molecule has 1 atom stereocenters. The zero-order chi connectivity index (χ0) is 13.1. The summed E-state index contributed by atoms with van der Waals surface area (Å²) in [7, 11) is 1.87. The summed E-state index contributed by atoms with van der Waals surface area (Å²) < 4.78 is 14.9. The Bertz CT molecular complexity index is 539. The van der Waals surface area contributed by atoms with Crippen LogP contribution in [0.1, 0.15) is 24.2 Å². The Kier molecular flexibility index (Phi) is 3.99. The standard InChI is InChI=1S/C13H15ClFN3/c1-3-16-13(12-6-7-17-18(12)2)10-5-4-9(15)8-11(10)14/h4-8,13,16H,3H2,1-2H3. The van der Waals surface area contributed by atoms with E-state index < -0.39 is 0 Å². The lowest BCUT2D eigenvalue weighted by atomic mass is 10.0. The molecule has 2 rings (SSSR count). The van der Waals surface area contributed by atoms with Gasteiger partial charge in [-0.05, 0) is 30.3 Å². The Morgan fingerprint density at radius 2 is 2.22 bits per heavy atom. The average Bonchev–Trinajstić information content (AvgIpc) is 2.73. The first kappa shape index (κ1) is 13.1. The van der Waals surface area contributed by atoms with Gasteiger partial charge in [-0.15, -0.1) is 0 Å². The van der Waals surface area contributed by atoms with Crippen molar-refractivity contribution in [2.75, 3.05) is 6.54 Å². The minimum absolute atomic E-state index is 0.0874. The van der Waals surface area contributed by atoms with Crippen LogP contribution in [0.25, 0.3) is 0 Å². The van der Waals surface area contributed by atoms with E-state index in [9.17, 15) is 4.39 Å². The van der Waals surface area contributed by atoms with Crippen LogP contribution in [0.2, 0.25) is 5.02 Å². The molecule has 0 fully saturated rings. The molecule has 1 unspecified atom stereocenters. The Hall–Kier alpha value is -1.39. The van der Waals surface area contributed by atoms with E-state index in [0.29, 0.717) is 5.02 Å². The molecule has 0 aliphatic carbocycles. The predicted molar refractivity (Wildman–Crippen MR) is 70.1 cm³/mol. The van der Waals surface area contributed by atoms with E-state index in [1.165, 1.54) is 12.1 Å². The Morgan fingerprint density at radius 1 is 1.44 bits per heavy atom. The van der Waals surface area contributed by atoms with Crippen LogP contribution in [0.5, 0.6) is 0 Å². The molecule has 1 aromatic carbocycles. The topological polar surface area (TPSA) is 29.9 Å². The van der Waals surface area contributed by atoms with E-state index in [0.717, 1.165) is 17.8 Å². The van der Waals surface area contributed by atoms with Gasteiger partial charge in [-0.1, -0.05) is 24.6 Å². The molecule has 0 bridgehead atoms. The highest BCUT2D eigenvalue weighted by Gasteiger charge is 2.19. The molecular weight excluding hydrogens is 253 g/mol. The summed E-state index contributed by atoms with van der Waals surface area (Å²) in [4.78, 5) is 0. The molecule has 5 heteroatoms. The summed E-state index contributed by atoms with van der Waals surface area (Å²) in [5.41, 5.74) is 1.84. The molecule has 0 aliphatic heterocycles. The fourth-order valence-corrected chi connectivity index (χ4v) is 2.26. The zero-order valence-electron chi connectivity index (χ0n) is 10.3. The van der Waals surface area contributed by atoms with Gasteiger partial charge in [0.25, 0.3) is 0 Å². The average molecular weight is 268 g/mol. The lowest BCUT2D eigenvalue weighted by molar-refractivity contribution is 0.570. The van der Waals surface area contributed by atoms with Crippen molar-refractivity contribution in [1.29, 1.82) is 0 Å². The first-order chi connectivity index (χ1) is 8.63. The van der Waals surface area contributed by atoms with Gasteiger partial charge in [0.05, 0.1) is 11.7 Å². The zero-order valence-corrected chi connectivity index (χ0v) is 11.1. The van der Waals surface area contributed by atoms with Gasteiger partial charge in [-0.3, -0.25) is 4.68 Å². The summed E-state index contributed by atoms with van der Waals surface area (Å²) in [6.45, 7) is 2.80. The number of hydrogen-bond donors (Lipinski definition) is 1. The van der Waals surface area contributed by atoms with Gasteiger partial charge in [-0.25, -0.2) is 4.39 Å². The SMILES string of the molecule is CCNC(c1ccc(F)cc1Cl)c1ccnn1C. The molecular formula is C13H15ClFN3. The van der Waals surface area contributed by atoms with Gasteiger partial charge < -0.3 is 5.32 Å². The van der Waals surface area contributed by atoms with Crippen molar-refractivity contribution >= 4 is 11.6 Å². The van der Waals surface area contributed by atoms with Crippen LogP contribution in [0.15, 0.2) is 30.5 Å². The molecule has 0 saturated heterocycles. The smallest absolute Gasteiger partial charge is 0.124 e. The molecule has 1 N–H and O–H groups in total. The number of rotatable bonds is 4. The lowest BCUT2D eigenvalue weighted by Gasteiger charge is -2.20. The van der Waals surface area contributed by atoms with Crippen LogP contribution in [-0.2, 0) is 7.05 Å². The monoisotopic (exact) mass is 267 g/mol. The normalized spacial score (nSPS) is 12.7. The second kappa shape index (κ2) is 5.50. The Labute approximate surface area is 111 Å². The minimum Gasteiger partial charge on any atom is -0.305 e. The van der Waals surface area contributed by atoms with Crippen molar-refractivity contribution in [2.45, 2.75) is 13.0 Å². The summed E-state index contributed by atoms with van der Waals surface area (Å²) in [5, 5.41) is 7.91. The fraction of sp³-hybridized carbons (Fsp3) is 0.308. The summed E-state index contributed by atoms with van der Waals surface area (Å²) >= 11 is 6.12. The van der Waals surface area contributed by atoms with Crippen molar-refractivity contribution in [1.82, 2.24) is 15.1 Å². The second-order valence-electron chi connectivity index (χ2n) is 4.04. The van der Waals surface area contributed by atoms with E-state index in [1.54, 1.807) is 16.9 Å². The molecule has 18 heavy (non-hydrogen) atoms. The Balaban J connectivity index is 2.45. The van der Waals surface area contributed by atoms with Crippen molar-refractivity contribution in [2.24, 2.45) is 7.05 Å². The van der Waals surface area contributed by atoms with Gasteiger partial charge in [-0.2, -0.15) is 5.10 Å². The van der Waals surface area contributed by atoms with Crippen LogP contribution in [0.4, 0.5) is 4.39 Å². The van der Waals surface area contributed by atoms with Crippen molar-refractivity contribution < 1.29 is 4.39 Å². The highest BCUT2D eigenvalue weighted by molar-refractivity contribution is 6.31.